The maximum absolute atomic E-state index is 12.9. The summed E-state index contributed by atoms with van der Waals surface area (Å²) in [7, 11) is 0. The molecule has 0 N–H and O–H groups in total. The quantitative estimate of drug-likeness (QED) is 0.794. The van der Waals surface area contributed by atoms with Crippen LogP contribution in [0, 0.1) is 5.92 Å². The number of rotatable bonds is 1. The first kappa shape index (κ1) is 16.9. The van der Waals surface area contributed by atoms with Crippen molar-refractivity contribution in [2.75, 3.05) is 19.6 Å². The molecule has 2 amide bonds. The Kier molecular flexibility index (Phi) is 4.32. The van der Waals surface area contributed by atoms with E-state index < -0.39 is 5.60 Å². The van der Waals surface area contributed by atoms with Crippen LogP contribution in [-0.2, 0) is 16.1 Å². The second-order valence-corrected chi connectivity index (χ2v) is 7.75. The highest BCUT2D eigenvalue weighted by Gasteiger charge is 2.38. The molecular weight excluding hydrogens is 306 g/mol. The van der Waals surface area contributed by atoms with E-state index in [2.05, 4.69) is 23.8 Å². The van der Waals surface area contributed by atoms with Gasteiger partial charge in [-0.1, -0.05) is 0 Å². The maximum atomic E-state index is 12.9. The lowest BCUT2D eigenvalue weighted by atomic mass is 10.0. The molecule has 0 aliphatic carbocycles. The molecule has 1 aromatic rings. The van der Waals surface area contributed by atoms with Crippen molar-refractivity contribution in [1.82, 2.24) is 14.4 Å². The summed E-state index contributed by atoms with van der Waals surface area (Å²) < 4.78 is 7.62. The molecule has 0 saturated carbocycles. The van der Waals surface area contributed by atoms with Gasteiger partial charge in [0.1, 0.15) is 5.60 Å². The molecule has 0 spiro atoms. The lowest BCUT2D eigenvalue weighted by Gasteiger charge is -2.36. The van der Waals surface area contributed by atoms with Gasteiger partial charge in [-0.3, -0.25) is 4.79 Å². The van der Waals surface area contributed by atoms with Crippen LogP contribution >= 0.6 is 0 Å². The lowest BCUT2D eigenvalue weighted by molar-refractivity contribution is -0.138. The summed E-state index contributed by atoms with van der Waals surface area (Å²) in [6.07, 6.45) is 2.45. The fourth-order valence-electron chi connectivity index (χ4n) is 3.57. The summed E-state index contributed by atoms with van der Waals surface area (Å²) in [4.78, 5) is 28.7. The number of ether oxygens (including phenoxy) is 1. The Morgan fingerprint density at radius 3 is 2.67 bits per heavy atom. The van der Waals surface area contributed by atoms with Crippen LogP contribution < -0.4 is 0 Å². The van der Waals surface area contributed by atoms with Crippen molar-refractivity contribution in [3.05, 3.63) is 24.0 Å². The van der Waals surface area contributed by atoms with Crippen LogP contribution in [0.25, 0.3) is 0 Å². The minimum atomic E-state index is -0.508. The summed E-state index contributed by atoms with van der Waals surface area (Å²) in [5, 5.41) is 0. The van der Waals surface area contributed by atoms with Gasteiger partial charge in [-0.15, -0.1) is 0 Å². The molecule has 0 bridgehead atoms. The molecule has 132 valence electrons. The van der Waals surface area contributed by atoms with Gasteiger partial charge < -0.3 is 19.1 Å². The number of hydrogen-bond acceptors (Lipinski definition) is 3. The third-order valence-electron chi connectivity index (χ3n) is 4.81. The zero-order valence-electron chi connectivity index (χ0n) is 15.0. The van der Waals surface area contributed by atoms with Crippen molar-refractivity contribution < 1.29 is 14.3 Å². The van der Waals surface area contributed by atoms with Crippen LogP contribution in [0.3, 0.4) is 0 Å². The Morgan fingerprint density at radius 2 is 1.96 bits per heavy atom. The summed E-state index contributed by atoms with van der Waals surface area (Å²) in [6.45, 7) is 10.2. The van der Waals surface area contributed by atoms with E-state index >= 15 is 0 Å². The molecule has 2 aliphatic heterocycles. The smallest absolute Gasteiger partial charge is 0.410 e. The molecule has 1 aromatic heterocycles. The number of fused-ring (bicyclic) bond motifs is 1. The van der Waals surface area contributed by atoms with Crippen LogP contribution in [0.1, 0.15) is 45.9 Å². The molecule has 6 heteroatoms. The molecule has 1 fully saturated rings. The summed E-state index contributed by atoms with van der Waals surface area (Å²) in [6, 6.07) is 4.18. The Balaban J connectivity index is 1.62. The number of aromatic nitrogens is 1. The normalized spacial score (nSPS) is 24.0. The highest BCUT2D eigenvalue weighted by molar-refractivity contribution is 5.81. The predicted molar refractivity (Wildman–Crippen MR) is 90.5 cm³/mol. The fraction of sp³-hybridized carbons (Fsp3) is 0.667. The lowest BCUT2D eigenvalue weighted by Crippen LogP contribution is -2.44. The number of carbonyl (C=O) groups is 2. The zero-order valence-corrected chi connectivity index (χ0v) is 15.0. The number of likely N-dealkylation sites (tertiary alicyclic amines) is 1. The van der Waals surface area contributed by atoms with Gasteiger partial charge in [-0.05, 0) is 46.2 Å². The third kappa shape index (κ3) is 3.28. The topological polar surface area (TPSA) is 54.8 Å². The first-order chi connectivity index (χ1) is 11.3. The third-order valence-corrected chi connectivity index (χ3v) is 4.81. The van der Waals surface area contributed by atoms with Gasteiger partial charge in [0.25, 0.3) is 0 Å². The zero-order chi connectivity index (χ0) is 17.5. The summed E-state index contributed by atoms with van der Waals surface area (Å²) >= 11 is 0. The number of carbonyl (C=O) groups excluding carboxylic acids is 2. The Hall–Kier alpha value is -1.98. The van der Waals surface area contributed by atoms with Crippen molar-refractivity contribution >= 4 is 12.0 Å². The van der Waals surface area contributed by atoms with Crippen LogP contribution in [0.15, 0.2) is 18.3 Å². The largest absolute Gasteiger partial charge is 0.444 e. The Morgan fingerprint density at radius 1 is 1.21 bits per heavy atom. The molecule has 0 radical (unpaired) electrons. The van der Waals surface area contributed by atoms with Crippen molar-refractivity contribution in [2.45, 2.75) is 52.3 Å². The molecule has 24 heavy (non-hydrogen) atoms. The standard InChI is InChI=1S/C18H27N3O3/c1-13-15-6-5-8-19(15)10-11-21(13)16(22)14-7-9-20(12-14)17(23)24-18(2,3)4/h5-6,8,13-14H,7,9-12H2,1-4H3/t13-,14-/m1/s1. The minimum absolute atomic E-state index is 0.0804. The van der Waals surface area contributed by atoms with Crippen molar-refractivity contribution in [1.29, 1.82) is 0 Å². The molecular formula is C18H27N3O3. The second kappa shape index (κ2) is 6.15. The van der Waals surface area contributed by atoms with Crippen molar-refractivity contribution in [2.24, 2.45) is 5.92 Å². The van der Waals surface area contributed by atoms with Gasteiger partial charge in [0, 0.05) is 38.1 Å². The van der Waals surface area contributed by atoms with E-state index in [0.717, 1.165) is 13.1 Å². The fourth-order valence-corrected chi connectivity index (χ4v) is 3.57. The molecule has 2 atom stereocenters. The summed E-state index contributed by atoms with van der Waals surface area (Å²) in [5.74, 6) is 0.0301. The van der Waals surface area contributed by atoms with E-state index in [9.17, 15) is 9.59 Å². The van der Waals surface area contributed by atoms with Crippen molar-refractivity contribution in [3.63, 3.8) is 0 Å². The van der Waals surface area contributed by atoms with Gasteiger partial charge >= 0.3 is 6.09 Å². The van der Waals surface area contributed by atoms with Crippen LogP contribution in [0.2, 0.25) is 0 Å². The first-order valence-electron chi connectivity index (χ1n) is 8.70. The number of amides is 2. The van der Waals surface area contributed by atoms with Crippen LogP contribution in [0.5, 0.6) is 0 Å². The SMILES string of the molecule is C[C@@H]1c2cccn2CCN1C(=O)[C@@H]1CCN(C(=O)OC(C)(C)C)C1. The maximum Gasteiger partial charge on any atom is 0.410 e. The van der Waals surface area contributed by atoms with Gasteiger partial charge in [0.2, 0.25) is 5.91 Å². The molecule has 3 rings (SSSR count). The van der Waals surface area contributed by atoms with Crippen LogP contribution in [-0.4, -0.2) is 51.6 Å². The van der Waals surface area contributed by atoms with Gasteiger partial charge in [0.15, 0.2) is 0 Å². The minimum Gasteiger partial charge on any atom is -0.444 e. The second-order valence-electron chi connectivity index (χ2n) is 7.75. The molecule has 0 aromatic carbocycles. The van der Waals surface area contributed by atoms with Gasteiger partial charge in [0.05, 0.1) is 12.0 Å². The average molecular weight is 333 g/mol. The van der Waals surface area contributed by atoms with Crippen molar-refractivity contribution in [3.8, 4) is 0 Å². The monoisotopic (exact) mass is 333 g/mol. The Labute approximate surface area is 143 Å². The van der Waals surface area contributed by atoms with Gasteiger partial charge in [-0.25, -0.2) is 4.79 Å². The van der Waals surface area contributed by atoms with E-state index in [0.29, 0.717) is 19.5 Å². The van der Waals surface area contributed by atoms with Crippen LogP contribution in [0.4, 0.5) is 4.79 Å². The molecule has 6 nitrogen and oxygen atoms in total. The summed E-state index contributed by atoms with van der Waals surface area (Å²) in [5.41, 5.74) is 0.669. The highest BCUT2D eigenvalue weighted by atomic mass is 16.6. The highest BCUT2D eigenvalue weighted by Crippen LogP contribution is 2.29. The molecule has 3 heterocycles. The van der Waals surface area contributed by atoms with Gasteiger partial charge in [-0.2, -0.15) is 0 Å². The average Bonchev–Trinajstić information content (AvgIpc) is 3.15. The molecule has 0 unspecified atom stereocenters. The predicted octanol–water partition coefficient (Wildman–Crippen LogP) is 2.65. The van der Waals surface area contributed by atoms with E-state index in [4.69, 9.17) is 4.74 Å². The van der Waals surface area contributed by atoms with E-state index in [-0.39, 0.29) is 24.0 Å². The van der Waals surface area contributed by atoms with E-state index in [1.54, 1.807) is 4.90 Å². The number of hydrogen-bond donors (Lipinski definition) is 0. The molecule has 1 saturated heterocycles. The van der Waals surface area contributed by atoms with E-state index in [1.165, 1.54) is 5.69 Å². The van der Waals surface area contributed by atoms with E-state index in [1.807, 2.05) is 31.7 Å². The number of nitrogens with zero attached hydrogens (tertiary/aromatic N) is 3. The Bertz CT molecular complexity index is 632. The molecule has 2 aliphatic rings. The first-order valence-corrected chi connectivity index (χ1v) is 8.70.